The Balaban J connectivity index is 1.87. The van der Waals surface area contributed by atoms with Crippen molar-refractivity contribution in [3.63, 3.8) is 0 Å². The van der Waals surface area contributed by atoms with Crippen LogP contribution in [-0.4, -0.2) is 45.1 Å². The lowest BCUT2D eigenvalue weighted by Gasteiger charge is -2.41. The van der Waals surface area contributed by atoms with Gasteiger partial charge in [0.15, 0.2) is 5.82 Å². The number of fused-ring (bicyclic) bond motifs is 1. The van der Waals surface area contributed by atoms with Gasteiger partial charge in [0.25, 0.3) is 11.8 Å². The predicted molar refractivity (Wildman–Crippen MR) is 102 cm³/mol. The molecule has 3 heterocycles. The Hall–Kier alpha value is -3.63. The van der Waals surface area contributed by atoms with E-state index in [1.165, 1.54) is 40.2 Å². The highest BCUT2D eigenvalue weighted by Crippen LogP contribution is 2.37. The highest BCUT2D eigenvalue weighted by Gasteiger charge is 2.41. The molecule has 1 aromatic heterocycles. The number of aromatic nitrogens is 2. The number of benzene rings is 1. The van der Waals surface area contributed by atoms with E-state index in [1.807, 2.05) is 0 Å². The van der Waals surface area contributed by atoms with Gasteiger partial charge in [0.05, 0.1) is 6.04 Å². The smallest absolute Gasteiger partial charge is 0.309 e. The molecule has 0 aliphatic carbocycles. The molecule has 1 atom stereocenters. The standard InChI is InChI=1S/C20H15F4N5O2/c1-10-7-12(21)3-4-14(10)28-9-29(15-5-6-16(30)26-11(15)2)18(31)13-8-25-19(20(22,23)24)27-17(13)28/h3-8,15H,9H2,1-2H3. The van der Waals surface area contributed by atoms with E-state index in [0.717, 1.165) is 6.20 Å². The van der Waals surface area contributed by atoms with Gasteiger partial charge in [-0.05, 0) is 37.6 Å². The Morgan fingerprint density at radius 1 is 1.16 bits per heavy atom. The van der Waals surface area contributed by atoms with E-state index in [9.17, 15) is 27.2 Å². The lowest BCUT2D eigenvalue weighted by Crippen LogP contribution is -2.52. The number of hydrogen-bond donors (Lipinski definition) is 0. The Kier molecular flexibility index (Phi) is 4.83. The zero-order valence-corrected chi connectivity index (χ0v) is 16.3. The Labute approximate surface area is 173 Å². The Bertz CT molecular complexity index is 1160. The number of amides is 2. The normalized spacial score (nSPS) is 18.9. The molecule has 0 radical (unpaired) electrons. The van der Waals surface area contributed by atoms with Crippen molar-refractivity contribution in [2.45, 2.75) is 26.1 Å². The zero-order chi connectivity index (χ0) is 22.5. The van der Waals surface area contributed by atoms with Crippen molar-refractivity contribution >= 4 is 29.0 Å². The van der Waals surface area contributed by atoms with Gasteiger partial charge < -0.3 is 9.80 Å². The van der Waals surface area contributed by atoms with E-state index in [-0.39, 0.29) is 18.1 Å². The van der Waals surface area contributed by atoms with Gasteiger partial charge in [-0.2, -0.15) is 13.2 Å². The largest absolute Gasteiger partial charge is 0.451 e. The molecular weight excluding hydrogens is 418 g/mol. The van der Waals surface area contributed by atoms with Crippen molar-refractivity contribution in [1.29, 1.82) is 0 Å². The molecule has 0 saturated heterocycles. The fourth-order valence-corrected chi connectivity index (χ4v) is 3.55. The molecule has 2 aliphatic heterocycles. The summed E-state index contributed by atoms with van der Waals surface area (Å²) in [6, 6.07) is 3.11. The van der Waals surface area contributed by atoms with E-state index < -0.39 is 35.7 Å². The summed E-state index contributed by atoms with van der Waals surface area (Å²) in [6.45, 7) is 2.98. The molecular formula is C20H15F4N5O2. The van der Waals surface area contributed by atoms with E-state index in [1.54, 1.807) is 13.8 Å². The van der Waals surface area contributed by atoms with E-state index in [2.05, 4.69) is 15.0 Å². The van der Waals surface area contributed by atoms with Crippen molar-refractivity contribution < 1.29 is 27.2 Å². The fourth-order valence-electron chi connectivity index (χ4n) is 3.55. The second-order valence-electron chi connectivity index (χ2n) is 7.10. The predicted octanol–water partition coefficient (Wildman–Crippen LogP) is 3.42. The third-order valence-electron chi connectivity index (χ3n) is 4.98. The molecule has 0 N–H and O–H groups in total. The highest BCUT2D eigenvalue weighted by molar-refractivity contribution is 6.09. The molecule has 0 fully saturated rings. The van der Waals surface area contributed by atoms with Gasteiger partial charge in [-0.3, -0.25) is 9.59 Å². The summed E-state index contributed by atoms with van der Waals surface area (Å²) in [5, 5.41) is 0. The van der Waals surface area contributed by atoms with Crippen LogP contribution in [0, 0.1) is 12.7 Å². The summed E-state index contributed by atoms with van der Waals surface area (Å²) >= 11 is 0. The molecule has 31 heavy (non-hydrogen) atoms. The third-order valence-corrected chi connectivity index (χ3v) is 4.98. The zero-order valence-electron chi connectivity index (χ0n) is 16.3. The lowest BCUT2D eigenvalue weighted by atomic mass is 10.0. The maximum absolute atomic E-state index is 13.6. The average molecular weight is 433 g/mol. The number of rotatable bonds is 2. The molecule has 0 spiro atoms. The second-order valence-corrected chi connectivity index (χ2v) is 7.10. The summed E-state index contributed by atoms with van der Waals surface area (Å²) < 4.78 is 53.3. The number of carbonyl (C=O) groups excluding carboxylic acids is 2. The molecule has 0 bridgehead atoms. The van der Waals surface area contributed by atoms with Crippen LogP contribution in [0.15, 0.2) is 41.5 Å². The van der Waals surface area contributed by atoms with Gasteiger partial charge in [-0.25, -0.2) is 19.4 Å². The minimum Gasteiger partial charge on any atom is -0.309 e. The van der Waals surface area contributed by atoms with Crippen LogP contribution in [0.25, 0.3) is 0 Å². The molecule has 2 amide bonds. The first-order chi connectivity index (χ1) is 14.6. The van der Waals surface area contributed by atoms with Crippen LogP contribution in [0.1, 0.15) is 28.7 Å². The highest BCUT2D eigenvalue weighted by atomic mass is 19.4. The monoisotopic (exact) mass is 433 g/mol. The van der Waals surface area contributed by atoms with Crippen LogP contribution in [-0.2, 0) is 11.0 Å². The number of aryl methyl sites for hydroxylation is 1. The van der Waals surface area contributed by atoms with Crippen molar-refractivity contribution in [3.05, 3.63) is 59.3 Å². The van der Waals surface area contributed by atoms with Crippen molar-refractivity contribution in [1.82, 2.24) is 14.9 Å². The van der Waals surface area contributed by atoms with Gasteiger partial charge in [0.2, 0.25) is 5.82 Å². The lowest BCUT2D eigenvalue weighted by molar-refractivity contribution is -0.144. The summed E-state index contributed by atoms with van der Waals surface area (Å²) in [6.07, 6.45) is -1.27. The topological polar surface area (TPSA) is 78.8 Å². The van der Waals surface area contributed by atoms with Crippen LogP contribution in [0.2, 0.25) is 0 Å². The SMILES string of the molecule is CC1=NC(=O)C=CC1N1CN(c2ccc(F)cc2C)c2nc(C(F)(F)F)ncc2C1=O. The maximum atomic E-state index is 13.6. The van der Waals surface area contributed by atoms with Crippen LogP contribution >= 0.6 is 0 Å². The number of halogens is 4. The molecule has 160 valence electrons. The molecule has 11 heteroatoms. The number of nitrogens with zero attached hydrogens (tertiary/aromatic N) is 5. The van der Waals surface area contributed by atoms with Crippen LogP contribution in [0.3, 0.4) is 0 Å². The van der Waals surface area contributed by atoms with E-state index in [4.69, 9.17) is 0 Å². The maximum Gasteiger partial charge on any atom is 0.451 e. The van der Waals surface area contributed by atoms with Crippen molar-refractivity contribution in [3.8, 4) is 0 Å². The number of alkyl halides is 3. The van der Waals surface area contributed by atoms with Gasteiger partial charge in [0.1, 0.15) is 18.0 Å². The molecule has 4 rings (SSSR count). The third kappa shape index (κ3) is 3.66. The number of carbonyl (C=O) groups is 2. The molecule has 1 unspecified atom stereocenters. The minimum atomic E-state index is -4.81. The summed E-state index contributed by atoms with van der Waals surface area (Å²) in [5.41, 5.74) is 1.01. The number of dihydropyridines is 1. The summed E-state index contributed by atoms with van der Waals surface area (Å²) in [7, 11) is 0. The molecule has 2 aliphatic rings. The van der Waals surface area contributed by atoms with Gasteiger partial charge in [-0.1, -0.05) is 6.08 Å². The Morgan fingerprint density at radius 3 is 2.55 bits per heavy atom. The number of hydrogen-bond acceptors (Lipinski definition) is 5. The molecule has 7 nitrogen and oxygen atoms in total. The van der Waals surface area contributed by atoms with Crippen molar-refractivity contribution in [2.75, 3.05) is 11.6 Å². The summed E-state index contributed by atoms with van der Waals surface area (Å²) in [5.74, 6) is -3.22. The average Bonchev–Trinajstić information content (AvgIpc) is 2.68. The second kappa shape index (κ2) is 7.25. The number of anilines is 2. The first kappa shape index (κ1) is 20.6. The fraction of sp³-hybridized carbons (Fsp3) is 0.250. The minimum absolute atomic E-state index is 0.152. The van der Waals surface area contributed by atoms with Gasteiger partial charge in [0, 0.05) is 23.7 Å². The molecule has 2 aromatic rings. The van der Waals surface area contributed by atoms with Crippen LogP contribution in [0.5, 0.6) is 0 Å². The van der Waals surface area contributed by atoms with E-state index in [0.29, 0.717) is 17.0 Å². The molecule has 0 saturated carbocycles. The quantitative estimate of drug-likeness (QED) is 0.679. The van der Waals surface area contributed by atoms with Crippen LogP contribution in [0.4, 0.5) is 29.1 Å². The van der Waals surface area contributed by atoms with Gasteiger partial charge in [-0.15, -0.1) is 0 Å². The molecule has 1 aromatic carbocycles. The number of aliphatic imine (C=N–C) groups is 1. The Morgan fingerprint density at radius 2 is 1.90 bits per heavy atom. The summed E-state index contributed by atoms with van der Waals surface area (Å²) in [4.78, 5) is 38.2. The first-order valence-electron chi connectivity index (χ1n) is 9.12. The van der Waals surface area contributed by atoms with Crippen LogP contribution < -0.4 is 4.90 Å². The van der Waals surface area contributed by atoms with Crippen molar-refractivity contribution in [2.24, 2.45) is 4.99 Å². The first-order valence-corrected chi connectivity index (χ1v) is 9.12. The van der Waals surface area contributed by atoms with E-state index >= 15 is 0 Å². The van der Waals surface area contributed by atoms with Gasteiger partial charge >= 0.3 is 6.18 Å².